The second-order valence-corrected chi connectivity index (χ2v) is 3.39. The second kappa shape index (κ2) is 6.61. The molecule has 0 amide bonds. The SMILES string of the molecule is CCN(CCOC)C(CN)c1ccco1. The molecule has 0 aliphatic heterocycles. The van der Waals surface area contributed by atoms with Crippen LogP contribution in [-0.2, 0) is 4.74 Å². The Morgan fingerprint density at radius 3 is 2.87 bits per heavy atom. The number of ether oxygens (including phenoxy) is 1. The predicted octanol–water partition coefficient (Wildman–Crippen LogP) is 1.25. The van der Waals surface area contributed by atoms with E-state index in [0.717, 1.165) is 18.8 Å². The Morgan fingerprint density at radius 2 is 2.40 bits per heavy atom. The molecule has 0 fully saturated rings. The minimum atomic E-state index is 0.153. The van der Waals surface area contributed by atoms with Gasteiger partial charge in [0.1, 0.15) is 5.76 Å². The summed E-state index contributed by atoms with van der Waals surface area (Å²) in [5, 5.41) is 0. The molecule has 0 radical (unpaired) electrons. The fourth-order valence-electron chi connectivity index (χ4n) is 1.67. The van der Waals surface area contributed by atoms with Gasteiger partial charge in [-0.05, 0) is 18.7 Å². The lowest BCUT2D eigenvalue weighted by Gasteiger charge is -2.27. The zero-order valence-corrected chi connectivity index (χ0v) is 9.48. The van der Waals surface area contributed by atoms with Crippen LogP contribution >= 0.6 is 0 Å². The van der Waals surface area contributed by atoms with Crippen molar-refractivity contribution in [2.45, 2.75) is 13.0 Å². The largest absolute Gasteiger partial charge is 0.468 e. The molecule has 0 bridgehead atoms. The molecule has 1 heterocycles. The fraction of sp³-hybridized carbons (Fsp3) is 0.636. The third-order valence-electron chi connectivity index (χ3n) is 2.52. The van der Waals surface area contributed by atoms with Crippen molar-refractivity contribution in [3.8, 4) is 0 Å². The lowest BCUT2D eigenvalue weighted by molar-refractivity contribution is 0.117. The third-order valence-corrected chi connectivity index (χ3v) is 2.52. The molecule has 1 unspecified atom stereocenters. The van der Waals surface area contributed by atoms with Crippen LogP contribution in [0, 0.1) is 0 Å². The van der Waals surface area contributed by atoms with Gasteiger partial charge in [0.15, 0.2) is 0 Å². The van der Waals surface area contributed by atoms with Crippen molar-refractivity contribution >= 4 is 0 Å². The van der Waals surface area contributed by atoms with E-state index in [1.165, 1.54) is 0 Å². The number of rotatable bonds is 7. The minimum Gasteiger partial charge on any atom is -0.468 e. The summed E-state index contributed by atoms with van der Waals surface area (Å²) in [5.41, 5.74) is 5.77. The number of methoxy groups -OCH3 is 1. The molecule has 0 aliphatic carbocycles. The topological polar surface area (TPSA) is 51.6 Å². The number of likely N-dealkylation sites (N-methyl/N-ethyl adjacent to an activating group) is 1. The Balaban J connectivity index is 2.62. The van der Waals surface area contributed by atoms with Crippen LogP contribution in [0.4, 0.5) is 0 Å². The molecule has 0 aromatic carbocycles. The molecule has 4 nitrogen and oxygen atoms in total. The summed E-state index contributed by atoms with van der Waals surface area (Å²) >= 11 is 0. The summed E-state index contributed by atoms with van der Waals surface area (Å²) in [4.78, 5) is 2.25. The highest BCUT2D eigenvalue weighted by atomic mass is 16.5. The molecule has 2 N–H and O–H groups in total. The highest BCUT2D eigenvalue weighted by Gasteiger charge is 2.19. The maximum absolute atomic E-state index is 5.77. The molecule has 1 aromatic rings. The van der Waals surface area contributed by atoms with Gasteiger partial charge in [0.2, 0.25) is 0 Å². The van der Waals surface area contributed by atoms with Crippen molar-refractivity contribution in [1.29, 1.82) is 0 Å². The molecule has 0 saturated carbocycles. The van der Waals surface area contributed by atoms with E-state index in [4.69, 9.17) is 14.9 Å². The van der Waals surface area contributed by atoms with Crippen molar-refractivity contribution in [2.75, 3.05) is 33.4 Å². The molecule has 0 saturated heterocycles. The predicted molar refractivity (Wildman–Crippen MR) is 59.6 cm³/mol. The van der Waals surface area contributed by atoms with E-state index in [-0.39, 0.29) is 6.04 Å². The number of nitrogens with two attached hydrogens (primary N) is 1. The zero-order chi connectivity index (χ0) is 11.1. The first-order valence-electron chi connectivity index (χ1n) is 5.30. The number of hydrogen-bond donors (Lipinski definition) is 1. The molecular formula is C11H20N2O2. The highest BCUT2D eigenvalue weighted by Crippen LogP contribution is 2.19. The van der Waals surface area contributed by atoms with Crippen molar-refractivity contribution in [3.05, 3.63) is 24.2 Å². The average molecular weight is 212 g/mol. The van der Waals surface area contributed by atoms with Gasteiger partial charge in [-0.2, -0.15) is 0 Å². The fourth-order valence-corrected chi connectivity index (χ4v) is 1.67. The second-order valence-electron chi connectivity index (χ2n) is 3.39. The average Bonchev–Trinajstić information content (AvgIpc) is 2.77. The van der Waals surface area contributed by atoms with Gasteiger partial charge in [0, 0.05) is 20.2 Å². The van der Waals surface area contributed by atoms with Crippen LogP contribution in [0.1, 0.15) is 18.7 Å². The van der Waals surface area contributed by atoms with Crippen LogP contribution in [-0.4, -0.2) is 38.3 Å². The maximum Gasteiger partial charge on any atom is 0.122 e. The van der Waals surface area contributed by atoms with Gasteiger partial charge in [-0.1, -0.05) is 6.92 Å². The van der Waals surface area contributed by atoms with Crippen LogP contribution in [0.5, 0.6) is 0 Å². The Morgan fingerprint density at radius 1 is 1.60 bits per heavy atom. The lowest BCUT2D eigenvalue weighted by atomic mass is 10.2. The normalized spacial score (nSPS) is 13.3. The van der Waals surface area contributed by atoms with Crippen LogP contribution < -0.4 is 5.73 Å². The summed E-state index contributed by atoms with van der Waals surface area (Å²) < 4.78 is 10.5. The summed E-state index contributed by atoms with van der Waals surface area (Å²) in [7, 11) is 1.71. The zero-order valence-electron chi connectivity index (χ0n) is 9.48. The molecule has 0 aliphatic rings. The van der Waals surface area contributed by atoms with Gasteiger partial charge in [0.05, 0.1) is 18.9 Å². The third kappa shape index (κ3) is 3.34. The van der Waals surface area contributed by atoms with E-state index >= 15 is 0 Å². The first-order valence-corrected chi connectivity index (χ1v) is 5.30. The van der Waals surface area contributed by atoms with Gasteiger partial charge in [0.25, 0.3) is 0 Å². The first-order chi connectivity index (χ1) is 7.33. The van der Waals surface area contributed by atoms with Crippen LogP contribution in [0.25, 0.3) is 0 Å². The first kappa shape index (κ1) is 12.2. The molecule has 4 heteroatoms. The van der Waals surface area contributed by atoms with Gasteiger partial charge in [-0.25, -0.2) is 0 Å². The van der Waals surface area contributed by atoms with E-state index in [1.54, 1.807) is 13.4 Å². The van der Waals surface area contributed by atoms with Crippen molar-refractivity contribution in [1.82, 2.24) is 4.90 Å². The number of hydrogen-bond acceptors (Lipinski definition) is 4. The minimum absolute atomic E-state index is 0.153. The maximum atomic E-state index is 5.77. The van der Waals surface area contributed by atoms with Crippen molar-refractivity contribution in [3.63, 3.8) is 0 Å². The smallest absolute Gasteiger partial charge is 0.122 e. The molecule has 1 atom stereocenters. The highest BCUT2D eigenvalue weighted by molar-refractivity contribution is 5.05. The summed E-state index contributed by atoms with van der Waals surface area (Å²) in [6.45, 7) is 5.19. The van der Waals surface area contributed by atoms with E-state index in [0.29, 0.717) is 13.2 Å². The molecule has 15 heavy (non-hydrogen) atoms. The molecule has 86 valence electrons. The quantitative estimate of drug-likeness (QED) is 0.739. The Bertz CT molecular complexity index is 249. The standard InChI is InChI=1S/C11H20N2O2/c1-3-13(6-8-14-2)10(9-12)11-5-4-7-15-11/h4-5,7,10H,3,6,8-9,12H2,1-2H3. The van der Waals surface area contributed by atoms with Crippen molar-refractivity contribution < 1.29 is 9.15 Å². The van der Waals surface area contributed by atoms with Crippen LogP contribution in [0.2, 0.25) is 0 Å². The van der Waals surface area contributed by atoms with E-state index in [1.807, 2.05) is 12.1 Å². The van der Waals surface area contributed by atoms with E-state index in [9.17, 15) is 0 Å². The van der Waals surface area contributed by atoms with E-state index in [2.05, 4.69) is 11.8 Å². The lowest BCUT2D eigenvalue weighted by Crippen LogP contribution is -2.35. The van der Waals surface area contributed by atoms with Crippen molar-refractivity contribution in [2.24, 2.45) is 5.73 Å². The number of furan rings is 1. The van der Waals surface area contributed by atoms with Gasteiger partial charge in [-0.3, -0.25) is 4.90 Å². The summed E-state index contributed by atoms with van der Waals surface area (Å²) in [6, 6.07) is 4.01. The van der Waals surface area contributed by atoms with Gasteiger partial charge < -0.3 is 14.9 Å². The molecular weight excluding hydrogens is 192 g/mol. The van der Waals surface area contributed by atoms with Gasteiger partial charge in [-0.15, -0.1) is 0 Å². The number of nitrogens with zero attached hydrogens (tertiary/aromatic N) is 1. The molecule has 0 spiro atoms. The Labute approximate surface area is 91.0 Å². The molecule has 1 rings (SSSR count). The monoisotopic (exact) mass is 212 g/mol. The summed E-state index contributed by atoms with van der Waals surface area (Å²) in [6.07, 6.45) is 1.68. The van der Waals surface area contributed by atoms with E-state index < -0.39 is 0 Å². The summed E-state index contributed by atoms with van der Waals surface area (Å²) in [5.74, 6) is 0.926. The van der Waals surface area contributed by atoms with Crippen LogP contribution in [0.3, 0.4) is 0 Å². The molecule has 1 aromatic heterocycles. The van der Waals surface area contributed by atoms with Crippen LogP contribution in [0.15, 0.2) is 22.8 Å². The Kier molecular flexibility index (Phi) is 5.39. The van der Waals surface area contributed by atoms with Gasteiger partial charge >= 0.3 is 0 Å². The Hall–Kier alpha value is -0.840.